The van der Waals surface area contributed by atoms with Crippen LogP contribution in [0.2, 0.25) is 0 Å². The Morgan fingerprint density at radius 1 is 1.56 bits per heavy atom. The maximum atomic E-state index is 11.2. The molecule has 1 aliphatic rings. The van der Waals surface area contributed by atoms with Gasteiger partial charge in [-0.25, -0.2) is 4.98 Å². The number of nitro benzene ring substituents is 1. The zero-order valence-electron chi connectivity index (χ0n) is 9.42. The highest BCUT2D eigenvalue weighted by Gasteiger charge is 2.43. The van der Waals surface area contributed by atoms with E-state index < -0.39 is 4.92 Å². The molecule has 0 atom stereocenters. The SMILES string of the molecule is O=[N+]([O-])c1c(NC2(CO)CC2)ccc2scnc12. The molecule has 0 bridgehead atoms. The number of nitro groups is 1. The third-order valence-corrected chi connectivity index (χ3v) is 4.01. The van der Waals surface area contributed by atoms with Gasteiger partial charge in [0.05, 0.1) is 27.3 Å². The Hall–Kier alpha value is -1.73. The number of aliphatic hydroxyl groups is 1. The van der Waals surface area contributed by atoms with E-state index in [4.69, 9.17) is 0 Å². The van der Waals surface area contributed by atoms with Crippen LogP contribution in [-0.4, -0.2) is 27.2 Å². The molecule has 2 aromatic rings. The summed E-state index contributed by atoms with van der Waals surface area (Å²) in [4.78, 5) is 14.8. The first kappa shape index (κ1) is 11.4. The molecule has 7 heteroatoms. The molecule has 1 aromatic heterocycles. The largest absolute Gasteiger partial charge is 0.394 e. The summed E-state index contributed by atoms with van der Waals surface area (Å²) in [5.41, 5.74) is 2.05. The molecule has 2 N–H and O–H groups in total. The Kier molecular flexibility index (Phi) is 2.46. The topological polar surface area (TPSA) is 88.3 Å². The molecule has 3 rings (SSSR count). The molecule has 1 saturated carbocycles. The van der Waals surface area contributed by atoms with Crippen molar-refractivity contribution in [2.24, 2.45) is 0 Å². The average Bonchev–Trinajstić information content (AvgIpc) is 2.96. The highest BCUT2D eigenvalue weighted by Crippen LogP contribution is 2.42. The minimum Gasteiger partial charge on any atom is -0.394 e. The van der Waals surface area contributed by atoms with Gasteiger partial charge in [0.1, 0.15) is 5.69 Å². The predicted molar refractivity (Wildman–Crippen MR) is 68.9 cm³/mol. The number of benzene rings is 1. The third-order valence-electron chi connectivity index (χ3n) is 3.21. The Balaban J connectivity index is 2.10. The summed E-state index contributed by atoms with van der Waals surface area (Å²) in [5.74, 6) is 0. The van der Waals surface area contributed by atoms with Crippen LogP contribution in [0.3, 0.4) is 0 Å². The van der Waals surface area contributed by atoms with Crippen molar-refractivity contribution in [1.82, 2.24) is 4.98 Å². The lowest BCUT2D eigenvalue weighted by Gasteiger charge is -2.15. The van der Waals surface area contributed by atoms with Gasteiger partial charge >= 0.3 is 5.69 Å². The maximum absolute atomic E-state index is 11.2. The number of nitrogens with one attached hydrogen (secondary N) is 1. The first-order valence-electron chi connectivity index (χ1n) is 5.55. The van der Waals surface area contributed by atoms with Crippen LogP contribution in [0.25, 0.3) is 10.2 Å². The normalized spacial score (nSPS) is 16.7. The second-order valence-electron chi connectivity index (χ2n) is 4.48. The van der Waals surface area contributed by atoms with E-state index in [1.165, 1.54) is 11.3 Å². The van der Waals surface area contributed by atoms with Crippen LogP contribution in [0.5, 0.6) is 0 Å². The van der Waals surface area contributed by atoms with Crippen molar-refractivity contribution < 1.29 is 10.0 Å². The molecule has 0 spiro atoms. The lowest BCUT2D eigenvalue weighted by molar-refractivity contribution is -0.382. The van der Waals surface area contributed by atoms with Crippen LogP contribution in [0.4, 0.5) is 11.4 Å². The zero-order chi connectivity index (χ0) is 12.8. The molecular weight excluding hydrogens is 254 g/mol. The van der Waals surface area contributed by atoms with Crippen molar-refractivity contribution in [3.05, 3.63) is 27.8 Å². The first-order chi connectivity index (χ1) is 8.65. The quantitative estimate of drug-likeness (QED) is 0.653. The third kappa shape index (κ3) is 1.72. The van der Waals surface area contributed by atoms with Gasteiger partial charge in [-0.15, -0.1) is 11.3 Å². The van der Waals surface area contributed by atoms with Gasteiger partial charge in [-0.05, 0) is 25.0 Å². The summed E-state index contributed by atoms with van der Waals surface area (Å²) in [7, 11) is 0. The van der Waals surface area contributed by atoms with Crippen LogP contribution in [0.15, 0.2) is 17.6 Å². The molecule has 18 heavy (non-hydrogen) atoms. The van der Waals surface area contributed by atoms with E-state index in [1.54, 1.807) is 11.6 Å². The lowest BCUT2D eigenvalue weighted by atomic mass is 10.2. The van der Waals surface area contributed by atoms with Gasteiger partial charge in [0.2, 0.25) is 0 Å². The van der Waals surface area contributed by atoms with Crippen molar-refractivity contribution in [1.29, 1.82) is 0 Å². The lowest BCUT2D eigenvalue weighted by Crippen LogP contribution is -2.26. The number of aromatic nitrogens is 1. The number of aliphatic hydroxyl groups excluding tert-OH is 1. The number of thiazole rings is 1. The molecule has 0 radical (unpaired) electrons. The minimum absolute atomic E-state index is 0.00604. The van der Waals surface area contributed by atoms with Crippen LogP contribution >= 0.6 is 11.3 Å². The molecule has 1 aromatic carbocycles. The van der Waals surface area contributed by atoms with Gasteiger partial charge in [-0.3, -0.25) is 10.1 Å². The van der Waals surface area contributed by atoms with Crippen molar-refractivity contribution in [3.8, 4) is 0 Å². The smallest absolute Gasteiger partial charge is 0.319 e. The van der Waals surface area contributed by atoms with Gasteiger partial charge < -0.3 is 10.4 Å². The number of fused-ring (bicyclic) bond motifs is 1. The van der Waals surface area contributed by atoms with Gasteiger partial charge in [0.25, 0.3) is 0 Å². The first-order valence-corrected chi connectivity index (χ1v) is 6.43. The van der Waals surface area contributed by atoms with Gasteiger partial charge in [-0.2, -0.15) is 0 Å². The highest BCUT2D eigenvalue weighted by atomic mass is 32.1. The van der Waals surface area contributed by atoms with Gasteiger partial charge in [0, 0.05) is 0 Å². The summed E-state index contributed by atoms with van der Waals surface area (Å²) >= 11 is 1.37. The summed E-state index contributed by atoms with van der Waals surface area (Å²) in [5, 5.41) is 23.6. The monoisotopic (exact) mass is 265 g/mol. The molecule has 0 aliphatic heterocycles. The molecule has 1 heterocycles. The average molecular weight is 265 g/mol. The van der Waals surface area contributed by atoms with Crippen LogP contribution in [0.1, 0.15) is 12.8 Å². The molecule has 1 aliphatic carbocycles. The van der Waals surface area contributed by atoms with E-state index in [0.29, 0.717) is 11.2 Å². The van der Waals surface area contributed by atoms with E-state index in [1.807, 2.05) is 6.07 Å². The summed E-state index contributed by atoms with van der Waals surface area (Å²) in [6.07, 6.45) is 1.66. The molecule has 94 valence electrons. The Morgan fingerprint density at radius 2 is 2.33 bits per heavy atom. The highest BCUT2D eigenvalue weighted by molar-refractivity contribution is 7.16. The molecule has 0 amide bonds. The van der Waals surface area contributed by atoms with Gasteiger partial charge in [-0.1, -0.05) is 0 Å². The van der Waals surface area contributed by atoms with Crippen molar-refractivity contribution in [2.75, 3.05) is 11.9 Å². The fourth-order valence-corrected chi connectivity index (χ4v) is 2.64. The van der Waals surface area contributed by atoms with E-state index >= 15 is 0 Å². The number of anilines is 1. The van der Waals surface area contributed by atoms with Crippen molar-refractivity contribution in [2.45, 2.75) is 18.4 Å². The number of nitrogens with zero attached hydrogens (tertiary/aromatic N) is 2. The van der Waals surface area contributed by atoms with E-state index in [9.17, 15) is 15.2 Å². The van der Waals surface area contributed by atoms with E-state index in [0.717, 1.165) is 17.5 Å². The molecule has 0 unspecified atom stereocenters. The number of hydrogen-bond donors (Lipinski definition) is 2. The number of rotatable bonds is 4. The number of hydrogen-bond acceptors (Lipinski definition) is 6. The second kappa shape index (κ2) is 3.89. The molecule has 0 saturated heterocycles. The summed E-state index contributed by atoms with van der Waals surface area (Å²) < 4.78 is 0.793. The fraction of sp³-hybridized carbons (Fsp3) is 0.364. The van der Waals surface area contributed by atoms with Crippen LogP contribution in [-0.2, 0) is 0 Å². The van der Waals surface area contributed by atoms with Crippen LogP contribution < -0.4 is 5.32 Å². The second-order valence-corrected chi connectivity index (χ2v) is 5.37. The molecule has 1 fully saturated rings. The molecular formula is C11H11N3O3S. The summed E-state index contributed by atoms with van der Waals surface area (Å²) in [6.45, 7) is -0.0146. The Morgan fingerprint density at radius 3 is 2.94 bits per heavy atom. The predicted octanol–water partition coefficient (Wildman–Crippen LogP) is 2.14. The van der Waals surface area contributed by atoms with E-state index in [-0.39, 0.29) is 17.8 Å². The fourth-order valence-electron chi connectivity index (χ4n) is 1.96. The van der Waals surface area contributed by atoms with Crippen molar-refractivity contribution in [3.63, 3.8) is 0 Å². The Bertz CT molecular complexity index is 621. The van der Waals surface area contributed by atoms with E-state index in [2.05, 4.69) is 10.3 Å². The zero-order valence-corrected chi connectivity index (χ0v) is 10.2. The molecule has 6 nitrogen and oxygen atoms in total. The van der Waals surface area contributed by atoms with Gasteiger partial charge in [0.15, 0.2) is 5.52 Å². The Labute approximate surface area is 106 Å². The van der Waals surface area contributed by atoms with Crippen molar-refractivity contribution >= 4 is 32.9 Å². The van der Waals surface area contributed by atoms with Crippen LogP contribution in [0, 0.1) is 10.1 Å². The standard InChI is InChI=1S/C11H11N3O3S/c15-5-11(3-4-11)13-7-1-2-8-9(12-6-18-8)10(7)14(16)17/h1-2,6,13,15H,3-5H2. The minimum atomic E-state index is -0.419. The maximum Gasteiger partial charge on any atom is 0.319 e. The summed E-state index contributed by atoms with van der Waals surface area (Å²) in [6, 6.07) is 3.50.